The van der Waals surface area contributed by atoms with Crippen molar-refractivity contribution in [1.82, 2.24) is 0 Å². The third-order valence-corrected chi connectivity index (χ3v) is 5.47. The van der Waals surface area contributed by atoms with Crippen LogP contribution in [0.3, 0.4) is 0 Å². The number of anilines is 1. The SMILES string of the molecule is Cc1ccc([Se]c2cc(C)ccc2NC#N)c(C)c1. The van der Waals surface area contributed by atoms with Crippen LogP contribution in [0.2, 0.25) is 0 Å². The summed E-state index contributed by atoms with van der Waals surface area (Å²) in [6.45, 7) is 6.34. The second kappa shape index (κ2) is 5.93. The third kappa shape index (κ3) is 3.38. The molecule has 2 aromatic carbocycles. The summed E-state index contributed by atoms with van der Waals surface area (Å²) >= 11 is 0.211. The van der Waals surface area contributed by atoms with E-state index in [0.717, 1.165) is 5.69 Å². The predicted octanol–water partition coefficient (Wildman–Crippen LogP) is 2.16. The number of nitriles is 1. The number of benzene rings is 2. The Bertz CT molecular complexity index is 642. The third-order valence-electron chi connectivity index (χ3n) is 2.88. The molecule has 0 aliphatic heterocycles. The molecule has 0 saturated heterocycles. The van der Waals surface area contributed by atoms with Gasteiger partial charge < -0.3 is 0 Å². The molecule has 0 aliphatic carbocycles. The molecule has 0 bridgehead atoms. The standard InChI is InChI=1S/C16H16N2Se/c1-11-5-7-15(13(3)8-11)19-16-9-12(2)4-6-14(16)18-10-17/h4-9,18H,1-3H3. The van der Waals surface area contributed by atoms with Gasteiger partial charge in [-0.1, -0.05) is 0 Å². The van der Waals surface area contributed by atoms with E-state index in [0.29, 0.717) is 0 Å². The first-order chi connectivity index (χ1) is 9.10. The van der Waals surface area contributed by atoms with Gasteiger partial charge in [-0.3, -0.25) is 0 Å². The summed E-state index contributed by atoms with van der Waals surface area (Å²) in [6.07, 6.45) is 2.01. The van der Waals surface area contributed by atoms with Gasteiger partial charge in [0.25, 0.3) is 0 Å². The zero-order chi connectivity index (χ0) is 13.8. The van der Waals surface area contributed by atoms with Gasteiger partial charge >= 0.3 is 120 Å². The van der Waals surface area contributed by atoms with Crippen LogP contribution in [0.4, 0.5) is 5.69 Å². The van der Waals surface area contributed by atoms with Crippen LogP contribution in [0.15, 0.2) is 36.4 Å². The van der Waals surface area contributed by atoms with E-state index < -0.39 is 0 Å². The number of nitrogens with zero attached hydrogens (tertiary/aromatic N) is 1. The van der Waals surface area contributed by atoms with Crippen LogP contribution in [-0.4, -0.2) is 15.0 Å². The molecule has 2 aromatic rings. The predicted molar refractivity (Wildman–Crippen MR) is 81.4 cm³/mol. The van der Waals surface area contributed by atoms with Crippen molar-refractivity contribution in [1.29, 1.82) is 5.26 Å². The molecule has 0 radical (unpaired) electrons. The van der Waals surface area contributed by atoms with Crippen molar-refractivity contribution in [2.45, 2.75) is 20.8 Å². The summed E-state index contributed by atoms with van der Waals surface area (Å²) < 4.78 is 2.59. The summed E-state index contributed by atoms with van der Waals surface area (Å²) in [7, 11) is 0. The van der Waals surface area contributed by atoms with Gasteiger partial charge in [0.15, 0.2) is 0 Å². The molecular weight excluding hydrogens is 299 g/mol. The number of hydrogen-bond acceptors (Lipinski definition) is 2. The first-order valence-corrected chi connectivity index (χ1v) is 7.82. The molecule has 3 heteroatoms. The molecule has 0 unspecified atom stereocenters. The first kappa shape index (κ1) is 13.7. The van der Waals surface area contributed by atoms with Gasteiger partial charge in [0.2, 0.25) is 0 Å². The Morgan fingerprint density at radius 2 is 1.63 bits per heavy atom. The summed E-state index contributed by atoms with van der Waals surface area (Å²) in [5, 5.41) is 11.6. The molecular formula is C16H16N2Se. The fourth-order valence-electron chi connectivity index (χ4n) is 1.91. The fraction of sp³-hybridized carbons (Fsp3) is 0.188. The monoisotopic (exact) mass is 316 g/mol. The van der Waals surface area contributed by atoms with Gasteiger partial charge in [-0.05, 0) is 0 Å². The molecule has 0 saturated carbocycles. The van der Waals surface area contributed by atoms with Crippen molar-refractivity contribution in [3.63, 3.8) is 0 Å². The minimum absolute atomic E-state index is 0.211. The topological polar surface area (TPSA) is 35.8 Å². The molecule has 19 heavy (non-hydrogen) atoms. The number of aryl methyl sites for hydroxylation is 3. The molecule has 0 amide bonds. The fourth-order valence-corrected chi connectivity index (χ4v) is 4.15. The van der Waals surface area contributed by atoms with E-state index in [2.05, 4.69) is 50.4 Å². The van der Waals surface area contributed by atoms with Crippen LogP contribution in [0.1, 0.15) is 16.7 Å². The van der Waals surface area contributed by atoms with E-state index in [1.807, 2.05) is 18.3 Å². The van der Waals surface area contributed by atoms with E-state index >= 15 is 0 Å². The average Bonchev–Trinajstić information content (AvgIpc) is 2.36. The van der Waals surface area contributed by atoms with Crippen LogP contribution in [0.5, 0.6) is 0 Å². The van der Waals surface area contributed by atoms with E-state index in [4.69, 9.17) is 5.26 Å². The second-order valence-electron chi connectivity index (χ2n) is 4.61. The van der Waals surface area contributed by atoms with Crippen LogP contribution in [-0.2, 0) is 0 Å². The van der Waals surface area contributed by atoms with Crippen molar-refractivity contribution in [3.05, 3.63) is 53.1 Å². The Morgan fingerprint density at radius 3 is 2.32 bits per heavy atom. The van der Waals surface area contributed by atoms with Crippen molar-refractivity contribution >= 4 is 29.6 Å². The van der Waals surface area contributed by atoms with Gasteiger partial charge in [-0.2, -0.15) is 0 Å². The molecule has 0 aliphatic rings. The van der Waals surface area contributed by atoms with Crippen molar-refractivity contribution < 1.29 is 0 Å². The van der Waals surface area contributed by atoms with Gasteiger partial charge in [0.1, 0.15) is 0 Å². The van der Waals surface area contributed by atoms with Crippen molar-refractivity contribution in [2.75, 3.05) is 5.32 Å². The maximum atomic E-state index is 8.82. The van der Waals surface area contributed by atoms with Crippen LogP contribution in [0.25, 0.3) is 0 Å². The number of nitrogens with one attached hydrogen (secondary N) is 1. The molecule has 96 valence electrons. The number of hydrogen-bond donors (Lipinski definition) is 1. The second-order valence-corrected chi connectivity index (χ2v) is 6.88. The summed E-state index contributed by atoms with van der Waals surface area (Å²) in [6, 6.07) is 12.7. The average molecular weight is 315 g/mol. The molecule has 0 heterocycles. The Balaban J connectivity index is 2.37. The normalized spacial score (nSPS) is 10.0. The Labute approximate surface area is 120 Å². The van der Waals surface area contributed by atoms with E-state index in [9.17, 15) is 0 Å². The summed E-state index contributed by atoms with van der Waals surface area (Å²) in [5.41, 5.74) is 4.76. The van der Waals surface area contributed by atoms with E-state index in [-0.39, 0.29) is 15.0 Å². The molecule has 0 atom stereocenters. The van der Waals surface area contributed by atoms with Crippen LogP contribution >= 0.6 is 0 Å². The van der Waals surface area contributed by atoms with E-state index in [1.165, 1.54) is 25.6 Å². The quantitative estimate of drug-likeness (QED) is 0.535. The van der Waals surface area contributed by atoms with Crippen molar-refractivity contribution in [3.8, 4) is 6.19 Å². The molecule has 0 aromatic heterocycles. The molecule has 2 nitrogen and oxygen atoms in total. The summed E-state index contributed by atoms with van der Waals surface area (Å²) in [5.74, 6) is 0. The zero-order valence-electron chi connectivity index (χ0n) is 11.3. The zero-order valence-corrected chi connectivity index (χ0v) is 13.0. The number of rotatable bonds is 3. The minimum atomic E-state index is 0.211. The van der Waals surface area contributed by atoms with E-state index in [1.54, 1.807) is 0 Å². The summed E-state index contributed by atoms with van der Waals surface area (Å²) in [4.78, 5) is 0. The Kier molecular flexibility index (Phi) is 4.27. The van der Waals surface area contributed by atoms with Gasteiger partial charge in [0, 0.05) is 0 Å². The maximum absolute atomic E-state index is 8.82. The molecule has 2 rings (SSSR count). The van der Waals surface area contributed by atoms with Gasteiger partial charge in [-0.25, -0.2) is 0 Å². The van der Waals surface area contributed by atoms with Gasteiger partial charge in [-0.15, -0.1) is 0 Å². The van der Waals surface area contributed by atoms with Crippen molar-refractivity contribution in [2.24, 2.45) is 0 Å². The molecule has 0 fully saturated rings. The first-order valence-electron chi connectivity index (χ1n) is 6.11. The Morgan fingerprint density at radius 1 is 0.947 bits per heavy atom. The Hall–Kier alpha value is -1.75. The van der Waals surface area contributed by atoms with Crippen LogP contribution < -0.4 is 14.2 Å². The van der Waals surface area contributed by atoms with Crippen LogP contribution in [0, 0.1) is 32.2 Å². The molecule has 0 spiro atoms. The van der Waals surface area contributed by atoms with Gasteiger partial charge in [0.05, 0.1) is 0 Å². The molecule has 1 N–H and O–H groups in total.